The number of carbonyl (C=O) groups is 1. The largest absolute Gasteiger partial charge is 0.487 e. The van der Waals surface area contributed by atoms with Crippen LogP contribution in [0.4, 0.5) is 5.69 Å². The van der Waals surface area contributed by atoms with Gasteiger partial charge in [-0.3, -0.25) is 14.0 Å². The molecule has 0 aliphatic heterocycles. The van der Waals surface area contributed by atoms with Crippen molar-refractivity contribution in [2.75, 3.05) is 11.9 Å². The minimum absolute atomic E-state index is 0.0744. The van der Waals surface area contributed by atoms with Crippen molar-refractivity contribution in [3.63, 3.8) is 0 Å². The van der Waals surface area contributed by atoms with Crippen molar-refractivity contribution in [3.8, 4) is 11.5 Å². The Balaban J connectivity index is 1.31. The number of aromatic nitrogens is 2. The third-order valence-electron chi connectivity index (χ3n) is 4.51. The summed E-state index contributed by atoms with van der Waals surface area (Å²) in [6.45, 7) is 3.97. The van der Waals surface area contributed by atoms with Crippen molar-refractivity contribution in [2.45, 2.75) is 20.5 Å². The number of hydrogen-bond acceptors (Lipinski definition) is 6. The van der Waals surface area contributed by atoms with Crippen LogP contribution >= 0.6 is 11.3 Å². The number of hydrogen-bond donors (Lipinski definition) is 1. The predicted molar refractivity (Wildman–Crippen MR) is 120 cm³/mol. The monoisotopic (exact) mass is 435 g/mol. The van der Waals surface area contributed by atoms with Gasteiger partial charge in [-0.2, -0.15) is 0 Å². The number of para-hydroxylation sites is 1. The molecule has 0 saturated heterocycles. The Morgan fingerprint density at radius 1 is 1.10 bits per heavy atom. The van der Waals surface area contributed by atoms with E-state index in [9.17, 15) is 9.59 Å². The topological polar surface area (TPSA) is 81.9 Å². The summed E-state index contributed by atoms with van der Waals surface area (Å²) in [5.74, 6) is 1.05. The molecule has 158 valence electrons. The van der Waals surface area contributed by atoms with Crippen LogP contribution in [-0.2, 0) is 11.4 Å². The molecule has 2 aromatic heterocycles. The van der Waals surface area contributed by atoms with Gasteiger partial charge >= 0.3 is 0 Å². The summed E-state index contributed by atoms with van der Waals surface area (Å²) in [6, 6.07) is 16.0. The SMILES string of the molecule is Cc1cn2c(=O)cc(COc3ccc(NC(=O)COc4ccccc4C)cc3)nc2s1. The second-order valence-electron chi connectivity index (χ2n) is 7.00. The summed E-state index contributed by atoms with van der Waals surface area (Å²) in [4.78, 5) is 30.4. The number of amides is 1. The third kappa shape index (κ3) is 5.10. The van der Waals surface area contributed by atoms with E-state index in [0.717, 1.165) is 10.4 Å². The fraction of sp³-hybridized carbons (Fsp3) is 0.174. The lowest BCUT2D eigenvalue weighted by Crippen LogP contribution is -2.20. The van der Waals surface area contributed by atoms with Gasteiger partial charge in [0.2, 0.25) is 0 Å². The van der Waals surface area contributed by atoms with E-state index in [1.165, 1.54) is 21.8 Å². The molecule has 0 fully saturated rings. The second kappa shape index (κ2) is 9.01. The lowest BCUT2D eigenvalue weighted by molar-refractivity contribution is -0.118. The number of anilines is 1. The molecule has 1 amide bonds. The molecule has 0 bridgehead atoms. The fourth-order valence-corrected chi connectivity index (χ4v) is 3.83. The first-order valence-corrected chi connectivity index (χ1v) is 10.5. The highest BCUT2D eigenvalue weighted by molar-refractivity contribution is 7.16. The van der Waals surface area contributed by atoms with E-state index >= 15 is 0 Å². The lowest BCUT2D eigenvalue weighted by Gasteiger charge is -2.10. The van der Waals surface area contributed by atoms with Crippen LogP contribution in [0.5, 0.6) is 11.5 Å². The maximum atomic E-state index is 12.2. The van der Waals surface area contributed by atoms with Gasteiger partial charge in [0.15, 0.2) is 11.6 Å². The van der Waals surface area contributed by atoms with Crippen molar-refractivity contribution in [3.05, 3.63) is 87.3 Å². The Hall–Kier alpha value is -3.65. The average Bonchev–Trinajstić information content (AvgIpc) is 3.13. The quantitative estimate of drug-likeness (QED) is 0.475. The predicted octanol–water partition coefficient (Wildman–Crippen LogP) is 3.97. The number of aryl methyl sites for hydroxylation is 2. The van der Waals surface area contributed by atoms with Gasteiger partial charge in [-0.25, -0.2) is 4.98 Å². The van der Waals surface area contributed by atoms with Crippen molar-refractivity contribution < 1.29 is 14.3 Å². The average molecular weight is 436 g/mol. The Labute approximate surface area is 182 Å². The number of rotatable bonds is 7. The number of benzene rings is 2. The molecule has 0 spiro atoms. The van der Waals surface area contributed by atoms with Crippen LogP contribution < -0.4 is 20.3 Å². The summed E-state index contributed by atoms with van der Waals surface area (Å²) in [5, 5.41) is 2.79. The van der Waals surface area contributed by atoms with Gasteiger partial charge in [0.25, 0.3) is 11.5 Å². The molecule has 2 aromatic carbocycles. The maximum absolute atomic E-state index is 12.2. The lowest BCUT2D eigenvalue weighted by atomic mass is 10.2. The first-order chi connectivity index (χ1) is 15.0. The summed E-state index contributed by atoms with van der Waals surface area (Å²) in [7, 11) is 0. The molecule has 1 N–H and O–H groups in total. The highest BCUT2D eigenvalue weighted by Gasteiger charge is 2.08. The smallest absolute Gasteiger partial charge is 0.262 e. The number of fused-ring (bicyclic) bond motifs is 1. The van der Waals surface area contributed by atoms with Gasteiger partial charge in [0, 0.05) is 22.8 Å². The van der Waals surface area contributed by atoms with Crippen molar-refractivity contribution in [2.24, 2.45) is 0 Å². The van der Waals surface area contributed by atoms with E-state index in [-0.39, 0.29) is 24.7 Å². The molecule has 4 aromatic rings. The first-order valence-electron chi connectivity index (χ1n) is 9.68. The fourth-order valence-electron chi connectivity index (χ4n) is 2.98. The Morgan fingerprint density at radius 2 is 1.87 bits per heavy atom. The van der Waals surface area contributed by atoms with Gasteiger partial charge in [0.05, 0.1) is 5.69 Å². The highest BCUT2D eigenvalue weighted by Crippen LogP contribution is 2.19. The molecule has 0 aliphatic carbocycles. The minimum atomic E-state index is -0.249. The second-order valence-corrected chi connectivity index (χ2v) is 8.21. The Bertz CT molecular complexity index is 1280. The number of thiazole rings is 1. The molecule has 0 radical (unpaired) electrons. The van der Waals surface area contributed by atoms with Gasteiger partial charge < -0.3 is 14.8 Å². The van der Waals surface area contributed by atoms with Crippen molar-refractivity contribution >= 4 is 27.9 Å². The molecule has 8 heteroatoms. The number of carbonyl (C=O) groups excluding carboxylic acids is 1. The zero-order valence-corrected chi connectivity index (χ0v) is 17.9. The molecule has 7 nitrogen and oxygen atoms in total. The summed E-state index contributed by atoms with van der Waals surface area (Å²) in [5.41, 5.74) is 2.05. The zero-order valence-electron chi connectivity index (χ0n) is 17.1. The molecule has 0 aliphatic rings. The van der Waals surface area contributed by atoms with E-state index < -0.39 is 0 Å². The van der Waals surface area contributed by atoms with Crippen LogP contribution in [0.25, 0.3) is 4.96 Å². The van der Waals surface area contributed by atoms with Crippen LogP contribution in [0.3, 0.4) is 0 Å². The van der Waals surface area contributed by atoms with Gasteiger partial charge in [-0.1, -0.05) is 18.2 Å². The summed E-state index contributed by atoms with van der Waals surface area (Å²) in [6.07, 6.45) is 1.78. The molecule has 0 atom stereocenters. The molecule has 2 heterocycles. The van der Waals surface area contributed by atoms with Crippen LogP contribution in [-0.4, -0.2) is 21.9 Å². The van der Waals surface area contributed by atoms with Gasteiger partial charge in [-0.15, -0.1) is 11.3 Å². The zero-order chi connectivity index (χ0) is 21.8. The van der Waals surface area contributed by atoms with E-state index in [4.69, 9.17) is 9.47 Å². The Kier molecular flexibility index (Phi) is 5.99. The van der Waals surface area contributed by atoms with Crippen LogP contribution in [0.2, 0.25) is 0 Å². The van der Waals surface area contributed by atoms with E-state index in [0.29, 0.717) is 27.8 Å². The summed E-state index contributed by atoms with van der Waals surface area (Å²) >= 11 is 1.46. The standard InChI is InChI=1S/C23H21N3O4S/c1-15-5-3-4-6-20(15)30-14-21(27)24-17-7-9-19(10-8-17)29-13-18-11-22(28)26-12-16(2)31-23(26)25-18/h3-12H,13-14H2,1-2H3,(H,24,27). The van der Waals surface area contributed by atoms with Gasteiger partial charge in [0.1, 0.15) is 18.1 Å². The normalized spacial score (nSPS) is 10.8. The van der Waals surface area contributed by atoms with Crippen molar-refractivity contribution in [1.82, 2.24) is 9.38 Å². The molecule has 0 saturated carbocycles. The number of nitrogens with zero attached hydrogens (tertiary/aromatic N) is 2. The van der Waals surface area contributed by atoms with Crippen molar-refractivity contribution in [1.29, 1.82) is 0 Å². The summed E-state index contributed by atoms with van der Waals surface area (Å²) < 4.78 is 12.8. The van der Waals surface area contributed by atoms with Gasteiger partial charge in [-0.05, 0) is 49.7 Å². The van der Waals surface area contributed by atoms with Crippen LogP contribution in [0.15, 0.2) is 65.6 Å². The Morgan fingerprint density at radius 3 is 2.65 bits per heavy atom. The van der Waals surface area contributed by atoms with Crippen LogP contribution in [0, 0.1) is 13.8 Å². The minimum Gasteiger partial charge on any atom is -0.487 e. The first kappa shape index (κ1) is 20.6. The number of nitrogens with one attached hydrogen (secondary N) is 1. The number of ether oxygens (including phenoxy) is 2. The third-order valence-corrected chi connectivity index (χ3v) is 5.41. The highest BCUT2D eigenvalue weighted by atomic mass is 32.1. The van der Waals surface area contributed by atoms with E-state index in [1.54, 1.807) is 30.5 Å². The molecule has 0 unspecified atom stereocenters. The van der Waals surface area contributed by atoms with E-state index in [2.05, 4.69) is 10.3 Å². The molecule has 31 heavy (non-hydrogen) atoms. The van der Waals surface area contributed by atoms with E-state index in [1.807, 2.05) is 38.1 Å². The molecular formula is C23H21N3O4S. The van der Waals surface area contributed by atoms with Crippen LogP contribution in [0.1, 0.15) is 16.1 Å². The molecular weight excluding hydrogens is 414 g/mol. The maximum Gasteiger partial charge on any atom is 0.262 e. The molecule has 4 rings (SSSR count).